The van der Waals surface area contributed by atoms with Gasteiger partial charge in [-0.1, -0.05) is 32.1 Å². The molecule has 0 aromatic heterocycles. The van der Waals surface area contributed by atoms with Crippen molar-refractivity contribution < 1.29 is 9.90 Å². The Bertz CT molecular complexity index is 151. The van der Waals surface area contributed by atoms with Gasteiger partial charge in [0.15, 0.2) is 6.61 Å². The second kappa shape index (κ2) is 5.97. The van der Waals surface area contributed by atoms with Gasteiger partial charge in [-0.05, 0) is 12.8 Å². The standard InChI is InChI=1S/C10H18NO2/c12-8-10(13)11-9-6-4-2-1-3-5-7-9/h9H,1-8H2,(H,11,13). The fraction of sp³-hybridized carbons (Fsp3) is 0.900. The Morgan fingerprint density at radius 2 is 1.62 bits per heavy atom. The molecule has 0 saturated heterocycles. The number of hydrogen-bond acceptors (Lipinski definition) is 1. The Kier molecular flexibility index (Phi) is 4.83. The van der Waals surface area contributed by atoms with Crippen LogP contribution in [0.25, 0.3) is 0 Å². The molecule has 1 fully saturated rings. The van der Waals surface area contributed by atoms with Gasteiger partial charge >= 0.3 is 0 Å². The summed E-state index contributed by atoms with van der Waals surface area (Å²) in [7, 11) is 0. The lowest BCUT2D eigenvalue weighted by atomic mass is 9.97. The van der Waals surface area contributed by atoms with Crippen molar-refractivity contribution in [3.8, 4) is 0 Å². The highest BCUT2D eigenvalue weighted by molar-refractivity contribution is 5.77. The molecule has 1 N–H and O–H groups in total. The molecule has 1 amide bonds. The highest BCUT2D eigenvalue weighted by Gasteiger charge is 2.13. The molecule has 0 bridgehead atoms. The molecule has 1 radical (unpaired) electrons. The van der Waals surface area contributed by atoms with Crippen molar-refractivity contribution in [2.45, 2.75) is 51.0 Å². The van der Waals surface area contributed by atoms with Crippen molar-refractivity contribution in [3.63, 3.8) is 0 Å². The van der Waals surface area contributed by atoms with E-state index in [1.807, 2.05) is 0 Å². The van der Waals surface area contributed by atoms with Crippen LogP contribution in [0.5, 0.6) is 0 Å². The van der Waals surface area contributed by atoms with Gasteiger partial charge in [0.1, 0.15) is 0 Å². The Hall–Kier alpha value is -0.570. The third kappa shape index (κ3) is 4.27. The van der Waals surface area contributed by atoms with Gasteiger partial charge in [0, 0.05) is 6.04 Å². The lowest BCUT2D eigenvalue weighted by Crippen LogP contribution is -2.36. The summed E-state index contributed by atoms with van der Waals surface area (Å²) in [5.74, 6) is -0.342. The molecule has 75 valence electrons. The molecular formula is C10H18NO2. The third-order valence-electron chi connectivity index (χ3n) is 2.60. The molecule has 0 heterocycles. The second-order valence-corrected chi connectivity index (χ2v) is 3.75. The molecule has 1 saturated carbocycles. The molecule has 0 aliphatic heterocycles. The Balaban J connectivity index is 2.25. The monoisotopic (exact) mass is 184 g/mol. The maximum atomic E-state index is 10.9. The van der Waals surface area contributed by atoms with E-state index in [0.29, 0.717) is 0 Å². The van der Waals surface area contributed by atoms with Gasteiger partial charge in [-0.3, -0.25) is 4.79 Å². The minimum Gasteiger partial charge on any atom is -0.351 e. The second-order valence-electron chi connectivity index (χ2n) is 3.75. The van der Waals surface area contributed by atoms with Crippen LogP contribution in [0.1, 0.15) is 44.9 Å². The van der Waals surface area contributed by atoms with Crippen molar-refractivity contribution in [2.24, 2.45) is 0 Å². The fourth-order valence-electron chi connectivity index (χ4n) is 1.87. The van der Waals surface area contributed by atoms with E-state index in [2.05, 4.69) is 5.32 Å². The van der Waals surface area contributed by atoms with Crippen LogP contribution in [0, 0.1) is 0 Å². The summed E-state index contributed by atoms with van der Waals surface area (Å²) in [4.78, 5) is 10.9. The number of amides is 1. The maximum Gasteiger partial charge on any atom is 0.249 e. The fourth-order valence-corrected chi connectivity index (χ4v) is 1.87. The van der Waals surface area contributed by atoms with E-state index >= 15 is 0 Å². The van der Waals surface area contributed by atoms with Gasteiger partial charge in [0.05, 0.1) is 0 Å². The largest absolute Gasteiger partial charge is 0.351 e. The molecule has 13 heavy (non-hydrogen) atoms. The van der Waals surface area contributed by atoms with Gasteiger partial charge in [0.25, 0.3) is 0 Å². The molecule has 0 aromatic carbocycles. The lowest BCUT2D eigenvalue weighted by Gasteiger charge is -2.20. The van der Waals surface area contributed by atoms with Gasteiger partial charge < -0.3 is 5.32 Å². The normalized spacial score (nSPS) is 20.4. The predicted molar refractivity (Wildman–Crippen MR) is 49.8 cm³/mol. The van der Waals surface area contributed by atoms with E-state index in [0.717, 1.165) is 12.8 Å². The van der Waals surface area contributed by atoms with Crippen molar-refractivity contribution >= 4 is 5.91 Å². The van der Waals surface area contributed by atoms with Crippen LogP contribution >= 0.6 is 0 Å². The van der Waals surface area contributed by atoms with E-state index in [-0.39, 0.29) is 11.9 Å². The molecular weight excluding hydrogens is 166 g/mol. The number of rotatable bonds is 2. The number of hydrogen-bond donors (Lipinski definition) is 1. The summed E-state index contributed by atoms with van der Waals surface area (Å²) in [6.07, 6.45) is 8.32. The average molecular weight is 184 g/mol. The van der Waals surface area contributed by atoms with Crippen LogP contribution in [-0.4, -0.2) is 18.6 Å². The van der Waals surface area contributed by atoms with Crippen LogP contribution in [-0.2, 0) is 9.90 Å². The first kappa shape index (κ1) is 10.5. The highest BCUT2D eigenvalue weighted by atomic mass is 16.3. The van der Waals surface area contributed by atoms with Crippen molar-refractivity contribution in [1.82, 2.24) is 5.32 Å². The number of carbonyl (C=O) groups is 1. The van der Waals surface area contributed by atoms with Crippen molar-refractivity contribution in [3.05, 3.63) is 0 Å². The van der Waals surface area contributed by atoms with E-state index < -0.39 is 6.61 Å². The Labute approximate surface area is 79.5 Å². The third-order valence-corrected chi connectivity index (χ3v) is 2.60. The average Bonchev–Trinajstić information content (AvgIpc) is 2.09. The first-order valence-electron chi connectivity index (χ1n) is 5.20. The van der Waals surface area contributed by atoms with Crippen LogP contribution < -0.4 is 5.32 Å². The van der Waals surface area contributed by atoms with Crippen molar-refractivity contribution in [1.29, 1.82) is 0 Å². The SMILES string of the molecule is [O]CC(=O)NC1CCCCCCC1. The molecule has 1 aliphatic carbocycles. The van der Waals surface area contributed by atoms with E-state index in [1.165, 1.54) is 32.1 Å². The number of nitrogens with one attached hydrogen (secondary N) is 1. The molecule has 3 nitrogen and oxygen atoms in total. The summed E-state index contributed by atoms with van der Waals surface area (Å²) >= 11 is 0. The van der Waals surface area contributed by atoms with Gasteiger partial charge in [-0.15, -0.1) is 0 Å². The molecule has 0 atom stereocenters. The summed E-state index contributed by atoms with van der Waals surface area (Å²) < 4.78 is 0. The van der Waals surface area contributed by atoms with Gasteiger partial charge in [0.2, 0.25) is 5.91 Å². The summed E-state index contributed by atoms with van der Waals surface area (Å²) in [6.45, 7) is -0.628. The van der Waals surface area contributed by atoms with Crippen LogP contribution in [0.4, 0.5) is 0 Å². The Morgan fingerprint density at radius 3 is 2.15 bits per heavy atom. The number of carbonyl (C=O) groups excluding carboxylic acids is 1. The van der Waals surface area contributed by atoms with Gasteiger partial charge in [-0.25, -0.2) is 5.11 Å². The molecule has 0 aromatic rings. The zero-order valence-corrected chi connectivity index (χ0v) is 8.05. The highest BCUT2D eigenvalue weighted by Crippen LogP contribution is 2.16. The summed E-state index contributed by atoms with van der Waals surface area (Å²) in [5, 5.41) is 13.0. The van der Waals surface area contributed by atoms with Crippen LogP contribution in [0.2, 0.25) is 0 Å². The Morgan fingerprint density at radius 1 is 1.08 bits per heavy atom. The summed E-state index contributed by atoms with van der Waals surface area (Å²) in [5.41, 5.74) is 0. The first-order valence-corrected chi connectivity index (χ1v) is 5.20. The first-order chi connectivity index (χ1) is 6.33. The van der Waals surface area contributed by atoms with Crippen LogP contribution in [0.3, 0.4) is 0 Å². The topological polar surface area (TPSA) is 49.0 Å². The quantitative estimate of drug-likeness (QED) is 0.697. The molecule has 0 unspecified atom stereocenters. The lowest BCUT2D eigenvalue weighted by molar-refractivity contribution is -0.126. The van der Waals surface area contributed by atoms with Gasteiger partial charge in [-0.2, -0.15) is 0 Å². The van der Waals surface area contributed by atoms with E-state index in [9.17, 15) is 9.90 Å². The molecule has 1 rings (SSSR count). The smallest absolute Gasteiger partial charge is 0.249 e. The molecule has 1 aliphatic rings. The zero-order chi connectivity index (χ0) is 9.52. The molecule has 0 spiro atoms. The van der Waals surface area contributed by atoms with Crippen LogP contribution in [0.15, 0.2) is 0 Å². The summed E-state index contributed by atoms with van der Waals surface area (Å²) in [6, 6.07) is 0.266. The molecule has 3 heteroatoms. The minimum atomic E-state index is -0.628. The minimum absolute atomic E-state index is 0.266. The van der Waals surface area contributed by atoms with E-state index in [4.69, 9.17) is 0 Å². The maximum absolute atomic E-state index is 10.9. The zero-order valence-electron chi connectivity index (χ0n) is 8.05. The van der Waals surface area contributed by atoms with E-state index in [1.54, 1.807) is 0 Å². The van der Waals surface area contributed by atoms with Crippen molar-refractivity contribution in [2.75, 3.05) is 6.61 Å². The predicted octanol–water partition coefficient (Wildman–Crippen LogP) is 1.65.